The molecule has 0 aromatic carbocycles. The van der Waals surface area contributed by atoms with Gasteiger partial charge in [-0.05, 0) is 38.8 Å². The van der Waals surface area contributed by atoms with E-state index in [1.54, 1.807) is 24.0 Å². The molecule has 1 aliphatic rings. The van der Waals surface area contributed by atoms with Crippen molar-refractivity contribution in [1.29, 1.82) is 0 Å². The average Bonchev–Trinajstić information content (AvgIpc) is 2.78. The summed E-state index contributed by atoms with van der Waals surface area (Å²) in [6, 6.07) is 2.87. The molecule has 12 heteroatoms. The fraction of sp³-hybridized carbons (Fsp3) is 0.400. The number of likely N-dealkylation sites (tertiary alicyclic amines) is 1. The van der Waals surface area contributed by atoms with Gasteiger partial charge in [0.15, 0.2) is 11.5 Å². The minimum absolute atomic E-state index is 0.0365. The van der Waals surface area contributed by atoms with Crippen LogP contribution in [-0.2, 0) is 6.18 Å². The van der Waals surface area contributed by atoms with Crippen molar-refractivity contribution in [2.75, 3.05) is 11.7 Å². The van der Waals surface area contributed by atoms with E-state index in [0.29, 0.717) is 25.6 Å². The van der Waals surface area contributed by atoms with Gasteiger partial charge in [-0.2, -0.15) is 23.4 Å². The summed E-state index contributed by atoms with van der Waals surface area (Å²) in [6.07, 6.45) is 0.769. The maximum absolute atomic E-state index is 13.3. The molecule has 1 aliphatic heterocycles. The van der Waals surface area contributed by atoms with Crippen molar-refractivity contribution in [1.82, 2.24) is 19.9 Å². The molecule has 2 aromatic heterocycles. The molecule has 32 heavy (non-hydrogen) atoms. The second-order valence-electron chi connectivity index (χ2n) is 6.95. The Balaban J connectivity index is 1.79. The van der Waals surface area contributed by atoms with Crippen molar-refractivity contribution in [2.45, 2.75) is 45.0 Å². The molecular weight excluding hydrogens is 427 g/mol. The number of rotatable bonds is 6. The standard InChI is InChI=1S/C20H22F3N7O2/c1-4-28-30(24-3)18-14(7-5-9-25-18)19(31)29-10-6-8-15(13(29)2)32-17-12-26-16(11-27-17)20(21,22)23/h4-5,7,9,11-13,15H,3,6,8,10H2,1-2H3/b28-4-/t13-,15+/m0/s1. The summed E-state index contributed by atoms with van der Waals surface area (Å²) >= 11 is 0. The molecule has 1 saturated heterocycles. The second kappa shape index (κ2) is 9.71. The minimum Gasteiger partial charge on any atom is -0.471 e. The minimum atomic E-state index is -4.58. The molecule has 3 heterocycles. The van der Waals surface area contributed by atoms with E-state index < -0.39 is 18.0 Å². The Morgan fingerprint density at radius 3 is 2.75 bits per heavy atom. The summed E-state index contributed by atoms with van der Waals surface area (Å²) in [4.78, 5) is 26.3. The number of hydrogen-bond donors (Lipinski definition) is 0. The third-order valence-electron chi connectivity index (χ3n) is 4.93. The van der Waals surface area contributed by atoms with Gasteiger partial charge in [0.1, 0.15) is 6.10 Å². The maximum Gasteiger partial charge on any atom is 0.434 e. The molecule has 0 N–H and O–H groups in total. The number of nitrogens with zero attached hydrogens (tertiary/aromatic N) is 7. The van der Waals surface area contributed by atoms with Gasteiger partial charge in [0.05, 0.1) is 24.0 Å². The van der Waals surface area contributed by atoms with Crippen molar-refractivity contribution in [3.05, 3.63) is 42.0 Å². The van der Waals surface area contributed by atoms with Gasteiger partial charge in [-0.1, -0.05) is 0 Å². The first-order valence-corrected chi connectivity index (χ1v) is 9.83. The average molecular weight is 449 g/mol. The normalized spacial score (nSPS) is 19.1. The summed E-state index contributed by atoms with van der Waals surface area (Å²) in [5.41, 5.74) is -0.815. The lowest BCUT2D eigenvalue weighted by Crippen LogP contribution is -2.51. The molecule has 0 radical (unpaired) electrons. The first-order chi connectivity index (χ1) is 15.3. The molecule has 9 nitrogen and oxygen atoms in total. The van der Waals surface area contributed by atoms with E-state index >= 15 is 0 Å². The Morgan fingerprint density at radius 1 is 1.34 bits per heavy atom. The van der Waals surface area contributed by atoms with Crippen LogP contribution in [-0.4, -0.2) is 57.4 Å². The number of carbonyl (C=O) groups is 1. The number of pyridine rings is 1. The topological polar surface area (TPSA) is 96.2 Å². The number of anilines is 1. The van der Waals surface area contributed by atoms with Gasteiger partial charge in [-0.3, -0.25) is 4.79 Å². The molecule has 2 aromatic rings. The first-order valence-electron chi connectivity index (χ1n) is 9.83. The molecular formula is C20H22F3N7O2. The summed E-state index contributed by atoms with van der Waals surface area (Å²) in [5, 5.41) is 8.98. The molecule has 1 fully saturated rings. The number of hydrazone groups is 2. The van der Waals surface area contributed by atoms with Gasteiger partial charge < -0.3 is 9.64 Å². The van der Waals surface area contributed by atoms with Gasteiger partial charge in [0, 0.05) is 25.7 Å². The molecule has 2 atom stereocenters. The first kappa shape index (κ1) is 23.1. The summed E-state index contributed by atoms with van der Waals surface area (Å²) in [6.45, 7) is 7.44. The Bertz CT molecular complexity index is 982. The number of aromatic nitrogens is 3. The zero-order valence-corrected chi connectivity index (χ0v) is 17.5. The highest BCUT2D eigenvalue weighted by Crippen LogP contribution is 2.29. The van der Waals surface area contributed by atoms with Crippen molar-refractivity contribution in [3.8, 4) is 5.88 Å². The van der Waals surface area contributed by atoms with Crippen LogP contribution in [0.1, 0.15) is 42.7 Å². The van der Waals surface area contributed by atoms with E-state index in [1.165, 1.54) is 12.4 Å². The number of piperidine rings is 1. The SMILES string of the molecule is C=NN(/N=C\C)c1ncccc1C(=O)N1CCC[C@@H](Oc2cnc(C(F)(F)F)cn2)[C@@H]1C. The molecule has 1 amide bonds. The zero-order valence-electron chi connectivity index (χ0n) is 17.5. The van der Waals surface area contributed by atoms with Gasteiger partial charge in [-0.15, -0.1) is 5.12 Å². The van der Waals surface area contributed by atoms with Crippen LogP contribution in [0.15, 0.2) is 40.9 Å². The predicted molar refractivity (Wildman–Crippen MR) is 112 cm³/mol. The Labute approximate surface area is 182 Å². The van der Waals surface area contributed by atoms with E-state index in [-0.39, 0.29) is 29.2 Å². The molecule has 0 aliphatic carbocycles. The van der Waals surface area contributed by atoms with Gasteiger partial charge >= 0.3 is 6.18 Å². The third kappa shape index (κ3) is 5.01. The number of carbonyl (C=O) groups excluding carboxylic acids is 1. The molecule has 170 valence electrons. The summed E-state index contributed by atoms with van der Waals surface area (Å²) in [7, 11) is 0. The lowest BCUT2D eigenvalue weighted by Gasteiger charge is -2.39. The van der Waals surface area contributed by atoms with Crippen LogP contribution >= 0.6 is 0 Å². The maximum atomic E-state index is 13.3. The van der Waals surface area contributed by atoms with E-state index in [9.17, 15) is 18.0 Å². The zero-order chi connectivity index (χ0) is 23.3. The van der Waals surface area contributed by atoms with Gasteiger partial charge in [0.25, 0.3) is 5.91 Å². The lowest BCUT2D eigenvalue weighted by atomic mass is 9.99. The van der Waals surface area contributed by atoms with E-state index in [4.69, 9.17) is 4.74 Å². The molecule has 0 unspecified atom stereocenters. The molecule has 0 bridgehead atoms. The number of halogens is 3. The largest absolute Gasteiger partial charge is 0.471 e. The fourth-order valence-electron chi connectivity index (χ4n) is 3.38. The van der Waals surface area contributed by atoms with Gasteiger partial charge in [0.2, 0.25) is 5.88 Å². The fourth-order valence-corrected chi connectivity index (χ4v) is 3.38. The van der Waals surface area contributed by atoms with Crippen molar-refractivity contribution in [3.63, 3.8) is 0 Å². The van der Waals surface area contributed by atoms with Crippen LogP contribution < -0.4 is 9.85 Å². The van der Waals surface area contributed by atoms with E-state index in [1.807, 2.05) is 6.92 Å². The number of ether oxygens (including phenoxy) is 1. The van der Waals surface area contributed by atoms with Crippen LogP contribution in [0.3, 0.4) is 0 Å². The Morgan fingerprint density at radius 2 is 2.12 bits per heavy atom. The third-order valence-corrected chi connectivity index (χ3v) is 4.93. The quantitative estimate of drug-likeness (QED) is 0.496. The van der Waals surface area contributed by atoms with E-state index in [2.05, 4.69) is 31.9 Å². The van der Waals surface area contributed by atoms with Crippen LogP contribution in [0, 0.1) is 0 Å². The molecule has 0 saturated carbocycles. The van der Waals surface area contributed by atoms with Crippen molar-refractivity contribution in [2.24, 2.45) is 10.2 Å². The number of alkyl halides is 3. The van der Waals surface area contributed by atoms with Crippen LogP contribution in [0.2, 0.25) is 0 Å². The highest BCUT2D eigenvalue weighted by molar-refractivity contribution is 5.99. The molecule has 3 rings (SSSR count). The highest BCUT2D eigenvalue weighted by atomic mass is 19.4. The molecule has 0 spiro atoms. The second-order valence-corrected chi connectivity index (χ2v) is 6.95. The number of hydrogen-bond acceptors (Lipinski definition) is 8. The number of amides is 1. The van der Waals surface area contributed by atoms with E-state index in [0.717, 1.165) is 11.3 Å². The highest BCUT2D eigenvalue weighted by Gasteiger charge is 2.36. The predicted octanol–water partition coefficient (Wildman–Crippen LogP) is 3.39. The van der Waals surface area contributed by atoms with Gasteiger partial charge in [-0.25, -0.2) is 15.0 Å². The van der Waals surface area contributed by atoms with Crippen molar-refractivity contribution < 1.29 is 22.7 Å². The van der Waals surface area contributed by atoms with Crippen LogP contribution in [0.25, 0.3) is 0 Å². The Kier molecular flexibility index (Phi) is 7.01. The van der Waals surface area contributed by atoms with Crippen LogP contribution in [0.5, 0.6) is 5.88 Å². The smallest absolute Gasteiger partial charge is 0.434 e. The lowest BCUT2D eigenvalue weighted by molar-refractivity contribution is -0.141. The van der Waals surface area contributed by atoms with Crippen LogP contribution in [0.4, 0.5) is 19.0 Å². The monoisotopic (exact) mass is 449 g/mol. The van der Waals surface area contributed by atoms with Crippen molar-refractivity contribution >= 4 is 24.7 Å². The summed E-state index contributed by atoms with van der Waals surface area (Å²) < 4.78 is 43.8. The Hall–Kier alpha value is -3.57. The summed E-state index contributed by atoms with van der Waals surface area (Å²) in [5.74, 6) is -0.104.